The van der Waals surface area contributed by atoms with Gasteiger partial charge < -0.3 is 4.74 Å². The number of carbonyl (C=O) groups excluding carboxylic acids is 2. The van der Waals surface area contributed by atoms with Crippen molar-refractivity contribution in [2.75, 3.05) is 0 Å². The second kappa shape index (κ2) is 8.13. The van der Waals surface area contributed by atoms with Crippen LogP contribution in [0.4, 0.5) is 0 Å². The molecule has 4 nitrogen and oxygen atoms in total. The van der Waals surface area contributed by atoms with E-state index in [1.165, 1.54) is 6.42 Å². The van der Waals surface area contributed by atoms with Gasteiger partial charge in [-0.1, -0.05) is 50.1 Å². The first-order valence-electron chi connectivity index (χ1n) is 11.3. The number of ether oxygens (including phenoxy) is 1. The van der Waals surface area contributed by atoms with Gasteiger partial charge in [0.25, 0.3) is 0 Å². The van der Waals surface area contributed by atoms with E-state index in [1.54, 1.807) is 0 Å². The number of fused-ring (bicyclic) bond motifs is 1. The number of hydrogen-bond acceptors (Lipinski definition) is 4. The van der Waals surface area contributed by atoms with Gasteiger partial charge in [0.05, 0.1) is 11.5 Å². The zero-order chi connectivity index (χ0) is 21.5. The van der Waals surface area contributed by atoms with Gasteiger partial charge in [-0.15, -0.1) is 0 Å². The van der Waals surface area contributed by atoms with Crippen LogP contribution < -0.4 is 0 Å². The molecule has 0 spiro atoms. The topological polar surface area (TPSA) is 55.7 Å². The predicted molar refractivity (Wildman–Crippen MR) is 119 cm³/mol. The molecule has 1 aliphatic heterocycles. The highest BCUT2D eigenvalue weighted by molar-refractivity contribution is 6.12. The summed E-state index contributed by atoms with van der Waals surface area (Å²) in [6.45, 7) is 8.19. The van der Waals surface area contributed by atoms with Gasteiger partial charge in [0.15, 0.2) is 0 Å². The number of Topliss-reactive ketones (excluding diaryl/α,β-unsaturated/α-hetero) is 1. The van der Waals surface area contributed by atoms with Crippen molar-refractivity contribution in [2.24, 2.45) is 16.3 Å². The van der Waals surface area contributed by atoms with E-state index in [0.717, 1.165) is 48.9 Å². The third kappa shape index (κ3) is 4.14. The van der Waals surface area contributed by atoms with Crippen LogP contribution in [0.25, 0.3) is 0 Å². The first-order valence-corrected chi connectivity index (χ1v) is 11.3. The van der Waals surface area contributed by atoms with Crippen molar-refractivity contribution in [3.63, 3.8) is 0 Å². The molecule has 4 rings (SSSR count). The molecule has 1 heterocycles. The largest absolute Gasteiger partial charge is 0.459 e. The lowest BCUT2D eigenvalue weighted by atomic mass is 9.63. The Labute approximate surface area is 179 Å². The molecule has 3 aliphatic rings. The zero-order valence-electron chi connectivity index (χ0n) is 18.7. The Kier molecular flexibility index (Phi) is 5.69. The van der Waals surface area contributed by atoms with Crippen molar-refractivity contribution < 1.29 is 14.3 Å². The maximum absolute atomic E-state index is 13.4. The van der Waals surface area contributed by atoms with Crippen LogP contribution in [0.3, 0.4) is 0 Å². The summed E-state index contributed by atoms with van der Waals surface area (Å²) >= 11 is 0. The van der Waals surface area contributed by atoms with Gasteiger partial charge in [-0.05, 0) is 56.9 Å². The number of nitrogens with zero attached hydrogens (tertiary/aromatic N) is 1. The van der Waals surface area contributed by atoms with E-state index in [-0.39, 0.29) is 35.1 Å². The number of carbonyl (C=O) groups is 2. The molecule has 0 aromatic heterocycles. The molecule has 0 radical (unpaired) electrons. The summed E-state index contributed by atoms with van der Waals surface area (Å²) in [6, 6.07) is 8.21. The molecule has 0 saturated heterocycles. The normalized spacial score (nSPS) is 26.8. The Morgan fingerprint density at radius 3 is 2.33 bits per heavy atom. The molecule has 160 valence electrons. The van der Waals surface area contributed by atoms with Gasteiger partial charge in [-0.2, -0.15) is 0 Å². The third-order valence-corrected chi connectivity index (χ3v) is 6.85. The zero-order valence-corrected chi connectivity index (χ0v) is 18.7. The summed E-state index contributed by atoms with van der Waals surface area (Å²) in [6.07, 6.45) is 6.57. The van der Waals surface area contributed by atoms with Crippen molar-refractivity contribution in [1.82, 2.24) is 0 Å². The van der Waals surface area contributed by atoms with E-state index < -0.39 is 0 Å². The molecule has 0 bridgehead atoms. The number of allylic oxidation sites excluding steroid dienone is 1. The van der Waals surface area contributed by atoms with Crippen molar-refractivity contribution in [3.05, 3.63) is 46.7 Å². The SMILES string of the molecule is CC1=C(C(=O)OC2CCCCC2)[C@@H](c2ccc(C)cc2)C2C(=O)CC(C)(C)CC2=N1. The van der Waals surface area contributed by atoms with Gasteiger partial charge in [0, 0.05) is 23.7 Å². The van der Waals surface area contributed by atoms with Crippen LogP contribution in [-0.2, 0) is 14.3 Å². The smallest absolute Gasteiger partial charge is 0.336 e. The minimum atomic E-state index is -0.363. The standard InChI is InChI=1S/C26H33NO3/c1-16-10-12-18(13-11-16)23-22(25(29)30-19-8-6-5-7-9-19)17(2)27-20-14-26(3,4)15-21(28)24(20)23/h10-13,19,23-24H,5-9,14-15H2,1-4H3/t23-,24?/m1/s1. The molecule has 2 aliphatic carbocycles. The monoisotopic (exact) mass is 407 g/mol. The average molecular weight is 408 g/mol. The fourth-order valence-corrected chi connectivity index (χ4v) is 5.39. The molecule has 0 amide bonds. The van der Waals surface area contributed by atoms with Crippen LogP contribution >= 0.6 is 0 Å². The summed E-state index contributed by atoms with van der Waals surface area (Å²) in [4.78, 5) is 31.5. The number of benzene rings is 1. The number of rotatable bonds is 3. The van der Waals surface area contributed by atoms with E-state index in [9.17, 15) is 9.59 Å². The first-order chi connectivity index (χ1) is 14.2. The highest BCUT2D eigenvalue weighted by Gasteiger charge is 2.47. The van der Waals surface area contributed by atoms with Crippen molar-refractivity contribution in [2.45, 2.75) is 84.7 Å². The number of aryl methyl sites for hydroxylation is 1. The number of aliphatic imine (C=N–C) groups is 1. The van der Waals surface area contributed by atoms with Gasteiger partial charge in [0.2, 0.25) is 0 Å². The van der Waals surface area contributed by atoms with Crippen LogP contribution in [0.1, 0.15) is 82.8 Å². The van der Waals surface area contributed by atoms with Crippen LogP contribution in [-0.4, -0.2) is 23.6 Å². The van der Waals surface area contributed by atoms with Gasteiger partial charge in [-0.25, -0.2) is 4.79 Å². The second-order valence-corrected chi connectivity index (χ2v) is 10.1. The van der Waals surface area contributed by atoms with Gasteiger partial charge in [0.1, 0.15) is 11.9 Å². The molecule has 2 fully saturated rings. The Bertz CT molecular complexity index is 901. The predicted octanol–water partition coefficient (Wildman–Crippen LogP) is 5.69. The van der Waals surface area contributed by atoms with Crippen LogP contribution in [0.15, 0.2) is 40.5 Å². The molecule has 2 atom stereocenters. The molecule has 0 N–H and O–H groups in total. The van der Waals surface area contributed by atoms with Crippen molar-refractivity contribution in [3.8, 4) is 0 Å². The van der Waals surface area contributed by atoms with E-state index in [1.807, 2.05) is 13.8 Å². The van der Waals surface area contributed by atoms with Crippen molar-refractivity contribution in [1.29, 1.82) is 0 Å². The van der Waals surface area contributed by atoms with E-state index in [2.05, 4.69) is 38.1 Å². The second-order valence-electron chi connectivity index (χ2n) is 10.1. The molecular weight excluding hydrogens is 374 g/mol. The molecule has 30 heavy (non-hydrogen) atoms. The van der Waals surface area contributed by atoms with E-state index in [0.29, 0.717) is 17.7 Å². The number of hydrogen-bond donors (Lipinski definition) is 0. The molecule has 1 aromatic rings. The fraction of sp³-hybridized carbons (Fsp3) is 0.577. The van der Waals surface area contributed by atoms with Crippen LogP contribution in [0.2, 0.25) is 0 Å². The summed E-state index contributed by atoms with van der Waals surface area (Å²) in [5.74, 6) is -0.771. The van der Waals surface area contributed by atoms with Gasteiger partial charge in [-0.3, -0.25) is 9.79 Å². The van der Waals surface area contributed by atoms with Crippen LogP contribution in [0.5, 0.6) is 0 Å². The third-order valence-electron chi connectivity index (χ3n) is 6.85. The molecule has 2 saturated carbocycles. The fourth-order valence-electron chi connectivity index (χ4n) is 5.39. The highest BCUT2D eigenvalue weighted by atomic mass is 16.5. The van der Waals surface area contributed by atoms with E-state index >= 15 is 0 Å². The highest BCUT2D eigenvalue weighted by Crippen LogP contribution is 2.47. The molecule has 4 heteroatoms. The Morgan fingerprint density at radius 1 is 1.00 bits per heavy atom. The lowest BCUT2D eigenvalue weighted by molar-refractivity contribution is -0.146. The summed E-state index contributed by atoms with van der Waals surface area (Å²) in [7, 11) is 0. The maximum Gasteiger partial charge on any atom is 0.336 e. The number of esters is 1. The van der Waals surface area contributed by atoms with Gasteiger partial charge >= 0.3 is 5.97 Å². The minimum Gasteiger partial charge on any atom is -0.459 e. The molecule has 1 unspecified atom stereocenters. The Hall–Kier alpha value is -2.23. The van der Waals surface area contributed by atoms with Crippen LogP contribution in [0, 0.1) is 18.3 Å². The Morgan fingerprint density at radius 2 is 1.67 bits per heavy atom. The maximum atomic E-state index is 13.4. The summed E-state index contributed by atoms with van der Waals surface area (Å²) in [5, 5.41) is 0. The Balaban J connectivity index is 1.75. The van der Waals surface area contributed by atoms with Crippen molar-refractivity contribution >= 4 is 17.5 Å². The minimum absolute atomic E-state index is 0.0171. The number of ketones is 1. The first kappa shape index (κ1) is 21.0. The molecule has 1 aromatic carbocycles. The summed E-state index contributed by atoms with van der Waals surface area (Å²) < 4.78 is 5.96. The summed E-state index contributed by atoms with van der Waals surface area (Å²) in [5.41, 5.74) is 4.27. The molecular formula is C26H33NO3. The van der Waals surface area contributed by atoms with E-state index in [4.69, 9.17) is 9.73 Å². The quantitative estimate of drug-likeness (QED) is 0.605. The lowest BCUT2D eigenvalue weighted by Gasteiger charge is -2.41. The average Bonchev–Trinajstić information content (AvgIpc) is 2.67. The lowest BCUT2D eigenvalue weighted by Crippen LogP contribution is -2.44.